The van der Waals surface area contributed by atoms with Gasteiger partial charge in [0.1, 0.15) is 18.5 Å². The number of alkyl halides is 3. The van der Waals surface area contributed by atoms with Gasteiger partial charge in [-0.25, -0.2) is 12.8 Å². The molecule has 4 rings (SSSR count). The summed E-state index contributed by atoms with van der Waals surface area (Å²) >= 11 is 5.98. The quantitative estimate of drug-likeness (QED) is 0.402. The molecule has 3 aromatic rings. The van der Waals surface area contributed by atoms with Gasteiger partial charge in [0, 0.05) is 13.0 Å². The summed E-state index contributed by atoms with van der Waals surface area (Å²) in [5, 5.41) is 9.39. The van der Waals surface area contributed by atoms with Crippen molar-refractivity contribution in [1.29, 1.82) is 0 Å². The van der Waals surface area contributed by atoms with Crippen LogP contribution in [0.15, 0.2) is 65.6 Å². The predicted octanol–water partition coefficient (Wildman–Crippen LogP) is 5.42. The maximum atomic E-state index is 14.0. The first-order chi connectivity index (χ1) is 17.0. The number of para-hydroxylation sites is 1. The first-order valence-electron chi connectivity index (χ1n) is 10.7. The summed E-state index contributed by atoms with van der Waals surface area (Å²) in [6.07, 6.45) is -5.36. The Morgan fingerprint density at radius 3 is 2.56 bits per heavy atom. The summed E-state index contributed by atoms with van der Waals surface area (Å²) in [4.78, 5) is -0.548. The highest BCUT2D eigenvalue weighted by molar-refractivity contribution is 7.92. The topological polar surface area (TPSA) is 76.1 Å². The fourth-order valence-corrected chi connectivity index (χ4v) is 5.47. The number of aliphatic hydroxyl groups is 1. The molecule has 1 aliphatic heterocycles. The molecule has 0 amide bonds. The van der Waals surface area contributed by atoms with Crippen molar-refractivity contribution in [2.24, 2.45) is 0 Å². The van der Waals surface area contributed by atoms with E-state index in [-0.39, 0.29) is 48.4 Å². The smallest absolute Gasteiger partial charge is 0.416 e. The molecule has 0 saturated heterocycles. The van der Waals surface area contributed by atoms with Crippen molar-refractivity contribution in [3.8, 4) is 11.5 Å². The summed E-state index contributed by atoms with van der Waals surface area (Å²) in [5.41, 5.74) is -0.600. The Balaban J connectivity index is 1.71. The average Bonchev–Trinajstić information content (AvgIpc) is 2.83. The minimum atomic E-state index is -4.73. The fourth-order valence-electron chi connectivity index (χ4n) is 3.71. The summed E-state index contributed by atoms with van der Waals surface area (Å²) in [6.45, 7) is -0.701. The maximum Gasteiger partial charge on any atom is 0.416 e. The van der Waals surface area contributed by atoms with Gasteiger partial charge in [0.25, 0.3) is 10.0 Å². The molecule has 0 aliphatic carbocycles. The first kappa shape index (κ1) is 26.1. The molecule has 1 heterocycles. The van der Waals surface area contributed by atoms with Crippen LogP contribution >= 0.6 is 11.6 Å². The Morgan fingerprint density at radius 1 is 1.11 bits per heavy atom. The van der Waals surface area contributed by atoms with Crippen LogP contribution in [0.5, 0.6) is 11.5 Å². The number of aliphatic hydroxyl groups excluding tert-OH is 1. The molecule has 1 aliphatic rings. The van der Waals surface area contributed by atoms with E-state index in [1.165, 1.54) is 30.3 Å². The van der Waals surface area contributed by atoms with Crippen LogP contribution in [0.2, 0.25) is 5.02 Å². The van der Waals surface area contributed by atoms with Crippen LogP contribution in [0.3, 0.4) is 0 Å². The van der Waals surface area contributed by atoms with Gasteiger partial charge in [-0.15, -0.1) is 0 Å². The Hall–Kier alpha value is -3.02. The van der Waals surface area contributed by atoms with E-state index >= 15 is 0 Å². The molecule has 0 spiro atoms. The van der Waals surface area contributed by atoms with Crippen LogP contribution in [-0.2, 0) is 22.8 Å². The number of hydrogen-bond donors (Lipinski definition) is 1. The van der Waals surface area contributed by atoms with Crippen LogP contribution in [0.25, 0.3) is 0 Å². The molecule has 0 radical (unpaired) electrons. The first-order valence-corrected chi connectivity index (χ1v) is 12.5. The van der Waals surface area contributed by atoms with Crippen LogP contribution in [0.4, 0.5) is 23.2 Å². The van der Waals surface area contributed by atoms with Gasteiger partial charge in [0.05, 0.1) is 27.7 Å². The third kappa shape index (κ3) is 5.37. The Morgan fingerprint density at radius 2 is 1.86 bits per heavy atom. The number of nitrogens with zero attached hydrogens (tertiary/aromatic N) is 1. The third-order valence-electron chi connectivity index (χ3n) is 5.46. The van der Waals surface area contributed by atoms with Gasteiger partial charge in [0.2, 0.25) is 0 Å². The van der Waals surface area contributed by atoms with Crippen molar-refractivity contribution in [3.05, 3.63) is 82.6 Å². The summed E-state index contributed by atoms with van der Waals surface area (Å²) in [5.74, 6) is -0.697. The third-order valence-corrected chi connectivity index (χ3v) is 7.53. The van der Waals surface area contributed by atoms with E-state index in [4.69, 9.17) is 21.1 Å². The van der Waals surface area contributed by atoms with E-state index in [1.54, 1.807) is 6.07 Å². The number of hydrogen-bond acceptors (Lipinski definition) is 5. The molecule has 192 valence electrons. The second-order valence-electron chi connectivity index (χ2n) is 7.96. The molecule has 0 aromatic heterocycles. The fraction of sp³-hybridized carbons (Fsp3) is 0.250. The van der Waals surface area contributed by atoms with Crippen molar-refractivity contribution >= 4 is 27.3 Å². The number of halogens is 5. The Labute approximate surface area is 209 Å². The van der Waals surface area contributed by atoms with Gasteiger partial charge in [-0.3, -0.25) is 4.31 Å². The van der Waals surface area contributed by atoms with Crippen LogP contribution in [0, 0.1) is 5.82 Å². The standard InChI is InChI=1S/C24H20ClF4NO5S/c25-19-5-2-6-20(26)23(19)34-14-15-7-8-22-21(11-15)30(13-17(35-22)9-10-31)36(32,33)18-4-1-3-16(12-18)24(27,28)29/h1-8,11-12,17,31H,9-10,13-14H2/t17-/m1/s1. The second kappa shape index (κ2) is 10.2. The summed E-state index contributed by atoms with van der Waals surface area (Å²) < 4.78 is 93.0. The highest BCUT2D eigenvalue weighted by Crippen LogP contribution is 2.40. The van der Waals surface area contributed by atoms with Gasteiger partial charge in [-0.05, 0) is 48.0 Å². The van der Waals surface area contributed by atoms with Crippen LogP contribution in [0.1, 0.15) is 17.5 Å². The van der Waals surface area contributed by atoms with Crippen molar-refractivity contribution in [3.63, 3.8) is 0 Å². The Kier molecular flexibility index (Phi) is 7.35. The molecule has 0 fully saturated rings. The van der Waals surface area contributed by atoms with E-state index in [9.17, 15) is 31.1 Å². The molecule has 3 aromatic carbocycles. The highest BCUT2D eigenvalue weighted by atomic mass is 35.5. The number of sulfonamides is 1. The van der Waals surface area contributed by atoms with Crippen molar-refractivity contribution in [2.45, 2.75) is 30.2 Å². The average molecular weight is 546 g/mol. The number of anilines is 1. The molecule has 6 nitrogen and oxygen atoms in total. The lowest BCUT2D eigenvalue weighted by Crippen LogP contribution is -2.44. The molecular formula is C24H20ClF4NO5S. The molecule has 36 heavy (non-hydrogen) atoms. The second-order valence-corrected chi connectivity index (χ2v) is 10.2. The van der Waals surface area contributed by atoms with Gasteiger partial charge < -0.3 is 14.6 Å². The molecular weight excluding hydrogens is 526 g/mol. The minimum absolute atomic E-state index is 0.0527. The summed E-state index contributed by atoms with van der Waals surface area (Å²) in [7, 11) is -4.46. The molecule has 0 bridgehead atoms. The van der Waals surface area contributed by atoms with Crippen molar-refractivity contribution in [1.82, 2.24) is 0 Å². The van der Waals surface area contributed by atoms with Gasteiger partial charge >= 0.3 is 6.18 Å². The number of ether oxygens (including phenoxy) is 2. The summed E-state index contributed by atoms with van der Waals surface area (Å²) in [6, 6.07) is 12.0. The monoisotopic (exact) mass is 545 g/mol. The zero-order valence-electron chi connectivity index (χ0n) is 18.5. The molecule has 1 atom stereocenters. The Bertz CT molecular complexity index is 1350. The minimum Gasteiger partial charge on any atom is -0.486 e. The highest BCUT2D eigenvalue weighted by Gasteiger charge is 2.37. The van der Waals surface area contributed by atoms with E-state index in [2.05, 4.69) is 0 Å². The zero-order valence-corrected chi connectivity index (χ0v) is 20.1. The predicted molar refractivity (Wildman–Crippen MR) is 124 cm³/mol. The molecule has 0 unspecified atom stereocenters. The normalized spacial score (nSPS) is 15.8. The van der Waals surface area contributed by atoms with Crippen LogP contribution in [-0.4, -0.2) is 32.8 Å². The molecule has 0 saturated carbocycles. The van der Waals surface area contributed by atoms with Gasteiger partial charge in [-0.2, -0.15) is 13.2 Å². The number of benzene rings is 3. The lowest BCUT2D eigenvalue weighted by Gasteiger charge is -2.35. The molecule has 12 heteroatoms. The van der Waals surface area contributed by atoms with E-state index < -0.39 is 38.6 Å². The maximum absolute atomic E-state index is 14.0. The largest absolute Gasteiger partial charge is 0.486 e. The van der Waals surface area contributed by atoms with E-state index in [1.807, 2.05) is 0 Å². The van der Waals surface area contributed by atoms with E-state index in [0.29, 0.717) is 11.6 Å². The SMILES string of the molecule is O=S(=O)(c1cccc(C(F)(F)F)c1)N1C[C@@H](CCO)Oc2ccc(COc3c(F)cccc3Cl)cc21. The number of rotatable bonds is 7. The van der Waals surface area contributed by atoms with E-state index in [0.717, 1.165) is 22.5 Å². The van der Waals surface area contributed by atoms with Gasteiger partial charge in [-0.1, -0.05) is 29.8 Å². The van der Waals surface area contributed by atoms with Gasteiger partial charge in [0.15, 0.2) is 11.6 Å². The lowest BCUT2D eigenvalue weighted by atomic mass is 10.1. The van der Waals surface area contributed by atoms with Crippen molar-refractivity contribution in [2.75, 3.05) is 17.5 Å². The van der Waals surface area contributed by atoms with Crippen LogP contribution < -0.4 is 13.8 Å². The lowest BCUT2D eigenvalue weighted by molar-refractivity contribution is -0.137. The van der Waals surface area contributed by atoms with Crippen molar-refractivity contribution < 1.29 is 40.6 Å². The molecule has 1 N–H and O–H groups in total. The zero-order chi connectivity index (χ0) is 26.1. The number of fused-ring (bicyclic) bond motifs is 1.